The maximum atomic E-state index is 12.4. The van der Waals surface area contributed by atoms with Crippen molar-refractivity contribution in [3.63, 3.8) is 0 Å². The minimum atomic E-state index is -3.81. The van der Waals surface area contributed by atoms with Crippen LogP contribution in [0.5, 0.6) is 11.5 Å². The zero-order valence-electron chi connectivity index (χ0n) is 13.0. The third kappa shape index (κ3) is 3.81. The molecule has 2 rings (SSSR count). The Morgan fingerprint density at radius 3 is 2.43 bits per heavy atom. The van der Waals surface area contributed by atoms with Crippen LogP contribution >= 0.6 is 0 Å². The molecule has 0 atom stereocenters. The Labute approximate surface area is 135 Å². The zero-order chi connectivity index (χ0) is 17.2. The van der Waals surface area contributed by atoms with Crippen LogP contribution in [-0.4, -0.2) is 24.3 Å². The fourth-order valence-corrected chi connectivity index (χ4v) is 3.25. The number of benzene rings is 2. The molecule has 2 aromatic rings. The summed E-state index contributed by atoms with van der Waals surface area (Å²) >= 11 is 0. The Hall–Kier alpha value is -2.54. The zero-order valence-corrected chi connectivity index (χ0v) is 13.8. The van der Waals surface area contributed by atoms with E-state index in [0.717, 1.165) is 11.6 Å². The second kappa shape index (κ2) is 6.29. The van der Waals surface area contributed by atoms with Gasteiger partial charge >= 0.3 is 0 Å². The number of hydrogen-bond acceptors (Lipinski definition) is 5. The summed E-state index contributed by atoms with van der Waals surface area (Å²) < 4.78 is 24.7. The van der Waals surface area contributed by atoms with E-state index >= 15 is 0 Å². The number of aryl methyl sites for hydroxylation is 2. The molecule has 0 aromatic heterocycles. The van der Waals surface area contributed by atoms with Crippen LogP contribution in [0.25, 0.3) is 0 Å². The Balaban J connectivity index is 2.32. The maximum Gasteiger partial charge on any atom is 0.276 e. The van der Waals surface area contributed by atoms with E-state index in [0.29, 0.717) is 11.1 Å². The molecule has 0 aliphatic carbocycles. The van der Waals surface area contributed by atoms with Gasteiger partial charge in [-0.2, -0.15) is 18.4 Å². The molecule has 0 bridgehead atoms. The predicted octanol–water partition coefficient (Wildman–Crippen LogP) is 2.42. The first-order valence-electron chi connectivity index (χ1n) is 6.86. The van der Waals surface area contributed by atoms with Crippen LogP contribution in [0.15, 0.2) is 46.4 Å². The molecule has 3 N–H and O–H groups in total. The first kappa shape index (κ1) is 16.8. The number of rotatable bonds is 4. The van der Waals surface area contributed by atoms with E-state index in [9.17, 15) is 18.6 Å². The quantitative estimate of drug-likeness (QED) is 0.590. The first-order valence-corrected chi connectivity index (χ1v) is 8.35. The Bertz CT molecular complexity index is 874. The van der Waals surface area contributed by atoms with E-state index < -0.39 is 10.0 Å². The third-order valence-corrected chi connectivity index (χ3v) is 4.69. The topological polar surface area (TPSA) is 99.0 Å². The molecule has 0 aliphatic heterocycles. The van der Waals surface area contributed by atoms with Gasteiger partial charge in [0.05, 0.1) is 10.6 Å². The largest absolute Gasteiger partial charge is 0.508 e. The number of hydrazone groups is 1. The van der Waals surface area contributed by atoms with Crippen molar-refractivity contribution in [2.75, 3.05) is 0 Å². The Kier molecular flexibility index (Phi) is 4.60. The highest BCUT2D eigenvalue weighted by atomic mass is 32.2. The van der Waals surface area contributed by atoms with E-state index in [-0.39, 0.29) is 22.1 Å². The van der Waals surface area contributed by atoms with E-state index in [2.05, 4.69) is 9.93 Å². The molecule has 0 radical (unpaired) electrons. The number of sulfonamides is 1. The van der Waals surface area contributed by atoms with Crippen molar-refractivity contribution in [1.82, 2.24) is 4.83 Å². The molecule has 122 valence electrons. The lowest BCUT2D eigenvalue weighted by molar-refractivity contribution is 0.450. The molecule has 0 heterocycles. The summed E-state index contributed by atoms with van der Waals surface area (Å²) in [4.78, 5) is 2.33. The smallest absolute Gasteiger partial charge is 0.276 e. The normalized spacial score (nSPS) is 12.2. The van der Waals surface area contributed by atoms with Gasteiger partial charge in [0.2, 0.25) is 0 Å². The summed E-state index contributed by atoms with van der Waals surface area (Å²) in [5.74, 6) is -0.271. The van der Waals surface area contributed by atoms with E-state index in [1.165, 1.54) is 12.1 Å². The van der Waals surface area contributed by atoms with Crippen LogP contribution in [0.2, 0.25) is 0 Å². The number of phenols is 2. The van der Waals surface area contributed by atoms with Gasteiger partial charge in [0.15, 0.2) is 0 Å². The van der Waals surface area contributed by atoms with Crippen LogP contribution < -0.4 is 4.83 Å². The average molecular weight is 334 g/mol. The Morgan fingerprint density at radius 2 is 1.78 bits per heavy atom. The second-order valence-electron chi connectivity index (χ2n) is 5.26. The van der Waals surface area contributed by atoms with E-state index in [4.69, 9.17) is 0 Å². The van der Waals surface area contributed by atoms with Crippen molar-refractivity contribution in [2.45, 2.75) is 25.7 Å². The van der Waals surface area contributed by atoms with Crippen molar-refractivity contribution in [3.05, 3.63) is 53.1 Å². The minimum Gasteiger partial charge on any atom is -0.508 e. The summed E-state index contributed by atoms with van der Waals surface area (Å²) in [6.45, 7) is 5.07. The molecule has 0 spiro atoms. The van der Waals surface area contributed by atoms with Gasteiger partial charge in [-0.05, 0) is 50.1 Å². The molecule has 6 nitrogen and oxygen atoms in total. The predicted molar refractivity (Wildman–Crippen MR) is 88.2 cm³/mol. The molecule has 0 amide bonds. The average Bonchev–Trinajstić information content (AvgIpc) is 2.47. The standard InChI is InChI=1S/C16H18N2O4S/c1-10-4-5-11(2)16(8-10)23(21,22)18-17-12(3)14-7-6-13(19)9-15(14)20/h4-9,18-20H,1-3H3/b17-12+. The van der Waals surface area contributed by atoms with Gasteiger partial charge in [0.1, 0.15) is 11.5 Å². The SMILES string of the molecule is C/C(=N\NS(=O)(=O)c1cc(C)ccc1C)c1ccc(O)cc1O. The molecule has 23 heavy (non-hydrogen) atoms. The third-order valence-electron chi connectivity index (χ3n) is 3.34. The molecule has 0 unspecified atom stereocenters. The van der Waals surface area contributed by atoms with Crippen molar-refractivity contribution >= 4 is 15.7 Å². The lowest BCUT2D eigenvalue weighted by Gasteiger charge is -2.09. The molecular weight excluding hydrogens is 316 g/mol. The van der Waals surface area contributed by atoms with Crippen molar-refractivity contribution in [2.24, 2.45) is 5.10 Å². The van der Waals surface area contributed by atoms with Crippen molar-refractivity contribution in [1.29, 1.82) is 0 Å². The highest BCUT2D eigenvalue weighted by Gasteiger charge is 2.16. The number of hydrogen-bond donors (Lipinski definition) is 3. The molecular formula is C16H18N2O4S. The van der Waals surface area contributed by atoms with Crippen LogP contribution in [0.4, 0.5) is 0 Å². The maximum absolute atomic E-state index is 12.4. The van der Waals surface area contributed by atoms with E-state index in [1.807, 2.05) is 13.0 Å². The summed E-state index contributed by atoms with van der Waals surface area (Å²) in [6.07, 6.45) is 0. The summed E-state index contributed by atoms with van der Waals surface area (Å²) in [5, 5.41) is 22.9. The molecule has 0 fully saturated rings. The van der Waals surface area contributed by atoms with Gasteiger partial charge in [-0.3, -0.25) is 0 Å². The summed E-state index contributed by atoms with van der Waals surface area (Å²) in [6, 6.07) is 9.13. The van der Waals surface area contributed by atoms with Gasteiger partial charge in [0, 0.05) is 11.6 Å². The number of aromatic hydroxyl groups is 2. The van der Waals surface area contributed by atoms with Gasteiger partial charge < -0.3 is 10.2 Å². The van der Waals surface area contributed by atoms with Gasteiger partial charge in [-0.25, -0.2) is 0 Å². The van der Waals surface area contributed by atoms with Crippen LogP contribution in [-0.2, 0) is 10.0 Å². The summed E-state index contributed by atoms with van der Waals surface area (Å²) in [5.41, 5.74) is 2.04. The number of phenolic OH excluding ortho intramolecular Hbond substituents is 2. The van der Waals surface area contributed by atoms with Crippen LogP contribution in [0.1, 0.15) is 23.6 Å². The van der Waals surface area contributed by atoms with Crippen LogP contribution in [0, 0.1) is 13.8 Å². The van der Waals surface area contributed by atoms with Crippen molar-refractivity contribution < 1.29 is 18.6 Å². The highest BCUT2D eigenvalue weighted by Crippen LogP contribution is 2.23. The van der Waals surface area contributed by atoms with Crippen molar-refractivity contribution in [3.8, 4) is 11.5 Å². The minimum absolute atomic E-state index is 0.0879. The molecule has 7 heteroatoms. The molecule has 2 aromatic carbocycles. The first-order chi connectivity index (χ1) is 10.7. The van der Waals surface area contributed by atoms with E-state index in [1.54, 1.807) is 26.0 Å². The van der Waals surface area contributed by atoms with Gasteiger partial charge in [-0.1, -0.05) is 12.1 Å². The summed E-state index contributed by atoms with van der Waals surface area (Å²) in [7, 11) is -3.81. The molecule has 0 saturated heterocycles. The Morgan fingerprint density at radius 1 is 1.09 bits per heavy atom. The fraction of sp³-hybridized carbons (Fsp3) is 0.188. The lowest BCUT2D eigenvalue weighted by Crippen LogP contribution is -2.21. The fourth-order valence-electron chi connectivity index (χ4n) is 2.06. The highest BCUT2D eigenvalue weighted by molar-refractivity contribution is 7.89. The molecule has 0 aliphatic rings. The van der Waals surface area contributed by atoms with Gasteiger partial charge in [-0.15, -0.1) is 0 Å². The second-order valence-corrected chi connectivity index (χ2v) is 6.89. The lowest BCUT2D eigenvalue weighted by atomic mass is 10.1. The molecule has 0 saturated carbocycles. The van der Waals surface area contributed by atoms with Crippen LogP contribution in [0.3, 0.4) is 0 Å². The number of nitrogens with one attached hydrogen (secondary N) is 1. The number of nitrogens with zero attached hydrogens (tertiary/aromatic N) is 1. The van der Waals surface area contributed by atoms with Gasteiger partial charge in [0.25, 0.3) is 10.0 Å². The monoisotopic (exact) mass is 334 g/mol.